The molecule has 0 unspecified atom stereocenters. The standard InChI is InChI=1S/C11H21NO/c1-10(2,3)12-7-6-9(13)11(4,5)8-12/h6-8H2,1-5H3. The first-order valence-corrected chi connectivity index (χ1v) is 5.02. The highest BCUT2D eigenvalue weighted by Gasteiger charge is 2.37. The number of rotatable bonds is 0. The van der Waals surface area contributed by atoms with E-state index in [0.717, 1.165) is 13.1 Å². The first-order chi connectivity index (χ1) is 5.73. The Labute approximate surface area is 81.3 Å². The van der Waals surface area contributed by atoms with E-state index in [1.165, 1.54) is 0 Å². The van der Waals surface area contributed by atoms with Crippen molar-refractivity contribution in [3.8, 4) is 0 Å². The van der Waals surface area contributed by atoms with E-state index in [0.29, 0.717) is 12.2 Å². The lowest BCUT2D eigenvalue weighted by atomic mass is 9.81. The highest BCUT2D eigenvalue weighted by Crippen LogP contribution is 2.29. The van der Waals surface area contributed by atoms with Gasteiger partial charge in [-0.1, -0.05) is 13.8 Å². The highest BCUT2D eigenvalue weighted by atomic mass is 16.1. The van der Waals surface area contributed by atoms with Gasteiger partial charge in [0.15, 0.2) is 0 Å². The zero-order chi connectivity index (χ0) is 10.3. The van der Waals surface area contributed by atoms with Gasteiger partial charge in [-0.3, -0.25) is 9.69 Å². The summed E-state index contributed by atoms with van der Waals surface area (Å²) in [6, 6.07) is 0. The van der Waals surface area contributed by atoms with Gasteiger partial charge in [-0.2, -0.15) is 0 Å². The maximum atomic E-state index is 11.6. The molecule has 0 radical (unpaired) electrons. The molecule has 1 saturated heterocycles. The van der Waals surface area contributed by atoms with E-state index in [-0.39, 0.29) is 11.0 Å². The summed E-state index contributed by atoms with van der Waals surface area (Å²) in [5.74, 6) is 0.410. The van der Waals surface area contributed by atoms with Crippen LogP contribution >= 0.6 is 0 Å². The molecule has 1 aliphatic heterocycles. The van der Waals surface area contributed by atoms with E-state index in [1.54, 1.807) is 0 Å². The number of likely N-dealkylation sites (tertiary alicyclic amines) is 1. The third-order valence-electron chi connectivity index (χ3n) is 2.90. The zero-order valence-electron chi connectivity index (χ0n) is 9.48. The van der Waals surface area contributed by atoms with E-state index in [2.05, 4.69) is 25.7 Å². The molecule has 0 atom stereocenters. The van der Waals surface area contributed by atoms with Crippen LogP contribution in [0.1, 0.15) is 41.0 Å². The third-order valence-corrected chi connectivity index (χ3v) is 2.90. The summed E-state index contributed by atoms with van der Waals surface area (Å²) in [4.78, 5) is 14.0. The lowest BCUT2D eigenvalue weighted by Crippen LogP contribution is -2.53. The van der Waals surface area contributed by atoms with Gasteiger partial charge in [0, 0.05) is 30.5 Å². The Morgan fingerprint density at radius 3 is 2.23 bits per heavy atom. The molecule has 0 aromatic carbocycles. The molecule has 0 N–H and O–H groups in total. The fourth-order valence-electron chi connectivity index (χ4n) is 1.79. The molecule has 2 heteroatoms. The van der Waals surface area contributed by atoms with Crippen LogP contribution in [-0.2, 0) is 4.79 Å². The molecular formula is C11H21NO. The number of hydrogen-bond acceptors (Lipinski definition) is 2. The van der Waals surface area contributed by atoms with E-state index < -0.39 is 0 Å². The Morgan fingerprint density at radius 1 is 1.31 bits per heavy atom. The van der Waals surface area contributed by atoms with Crippen LogP contribution in [-0.4, -0.2) is 29.3 Å². The number of piperidine rings is 1. The van der Waals surface area contributed by atoms with Crippen LogP contribution < -0.4 is 0 Å². The first kappa shape index (κ1) is 10.7. The second-order valence-corrected chi connectivity index (χ2v) is 5.65. The second-order valence-electron chi connectivity index (χ2n) is 5.65. The molecule has 0 aliphatic carbocycles. The van der Waals surface area contributed by atoms with Crippen molar-refractivity contribution in [3.63, 3.8) is 0 Å². The molecule has 1 heterocycles. The molecule has 0 bridgehead atoms. The highest BCUT2D eigenvalue weighted by molar-refractivity contribution is 5.85. The molecule has 0 spiro atoms. The SMILES string of the molecule is CC1(C)CN(C(C)(C)C)CCC1=O. The van der Waals surface area contributed by atoms with Crippen molar-refractivity contribution in [2.75, 3.05) is 13.1 Å². The van der Waals surface area contributed by atoms with Gasteiger partial charge in [0.1, 0.15) is 5.78 Å². The third kappa shape index (κ3) is 2.31. The van der Waals surface area contributed by atoms with Crippen molar-refractivity contribution in [2.24, 2.45) is 5.41 Å². The summed E-state index contributed by atoms with van der Waals surface area (Å²) in [5, 5.41) is 0. The Balaban J connectivity index is 2.72. The molecule has 1 aliphatic rings. The summed E-state index contributed by atoms with van der Waals surface area (Å²) in [6.45, 7) is 12.5. The zero-order valence-corrected chi connectivity index (χ0v) is 9.48. The topological polar surface area (TPSA) is 20.3 Å². The van der Waals surface area contributed by atoms with Crippen molar-refractivity contribution >= 4 is 5.78 Å². The van der Waals surface area contributed by atoms with Crippen LogP contribution in [0.5, 0.6) is 0 Å². The lowest BCUT2D eigenvalue weighted by Gasteiger charge is -2.44. The Hall–Kier alpha value is -0.370. The summed E-state index contributed by atoms with van der Waals surface area (Å²) in [5.41, 5.74) is 0.0451. The van der Waals surface area contributed by atoms with E-state index >= 15 is 0 Å². The number of carbonyl (C=O) groups excluding carboxylic acids is 1. The molecule has 13 heavy (non-hydrogen) atoms. The van der Waals surface area contributed by atoms with Crippen LogP contribution in [0.3, 0.4) is 0 Å². The average Bonchev–Trinajstić information content (AvgIpc) is 1.92. The number of ketones is 1. The van der Waals surface area contributed by atoms with Gasteiger partial charge < -0.3 is 0 Å². The normalized spacial score (nSPS) is 24.8. The Bertz CT molecular complexity index is 213. The molecule has 0 amide bonds. The van der Waals surface area contributed by atoms with Crippen LogP contribution in [0.4, 0.5) is 0 Å². The fourth-order valence-corrected chi connectivity index (χ4v) is 1.79. The second kappa shape index (κ2) is 3.09. The fraction of sp³-hybridized carbons (Fsp3) is 0.909. The molecule has 0 aromatic rings. The molecule has 2 nitrogen and oxygen atoms in total. The lowest BCUT2D eigenvalue weighted by molar-refractivity contribution is -0.133. The summed E-state index contributed by atoms with van der Waals surface area (Å²) in [6.07, 6.45) is 0.713. The van der Waals surface area contributed by atoms with Crippen LogP contribution in [0.2, 0.25) is 0 Å². The Kier molecular flexibility index (Phi) is 2.54. The molecule has 1 rings (SSSR count). The predicted molar refractivity (Wildman–Crippen MR) is 54.7 cm³/mol. The van der Waals surface area contributed by atoms with Gasteiger partial charge in [-0.15, -0.1) is 0 Å². The number of hydrogen-bond donors (Lipinski definition) is 0. The summed E-state index contributed by atoms with van der Waals surface area (Å²) in [7, 11) is 0. The van der Waals surface area contributed by atoms with E-state index in [9.17, 15) is 4.79 Å². The minimum atomic E-state index is -0.147. The number of nitrogens with zero attached hydrogens (tertiary/aromatic N) is 1. The van der Waals surface area contributed by atoms with Crippen LogP contribution in [0.25, 0.3) is 0 Å². The van der Waals surface area contributed by atoms with Gasteiger partial charge >= 0.3 is 0 Å². The monoisotopic (exact) mass is 183 g/mol. The predicted octanol–water partition coefficient (Wildman–Crippen LogP) is 2.09. The maximum Gasteiger partial charge on any atom is 0.141 e. The van der Waals surface area contributed by atoms with Gasteiger partial charge in [-0.25, -0.2) is 0 Å². The first-order valence-electron chi connectivity index (χ1n) is 5.02. The number of Topliss-reactive ketones (excluding diaryl/α,β-unsaturated/α-hetero) is 1. The van der Waals surface area contributed by atoms with Gasteiger partial charge in [-0.05, 0) is 20.8 Å². The average molecular weight is 183 g/mol. The van der Waals surface area contributed by atoms with Gasteiger partial charge in [0.25, 0.3) is 0 Å². The Morgan fingerprint density at radius 2 is 1.85 bits per heavy atom. The summed E-state index contributed by atoms with van der Waals surface area (Å²) < 4.78 is 0. The molecular weight excluding hydrogens is 162 g/mol. The molecule has 0 aromatic heterocycles. The quantitative estimate of drug-likeness (QED) is 0.573. The molecule has 1 fully saturated rings. The van der Waals surface area contributed by atoms with Gasteiger partial charge in [0.2, 0.25) is 0 Å². The smallest absolute Gasteiger partial charge is 0.141 e. The van der Waals surface area contributed by atoms with Crippen molar-refractivity contribution in [2.45, 2.75) is 46.6 Å². The summed E-state index contributed by atoms with van der Waals surface area (Å²) >= 11 is 0. The van der Waals surface area contributed by atoms with Crippen LogP contribution in [0.15, 0.2) is 0 Å². The van der Waals surface area contributed by atoms with E-state index in [4.69, 9.17) is 0 Å². The van der Waals surface area contributed by atoms with Crippen LogP contribution in [0, 0.1) is 5.41 Å². The largest absolute Gasteiger partial charge is 0.299 e. The minimum Gasteiger partial charge on any atom is -0.299 e. The minimum absolute atomic E-state index is 0.147. The molecule has 0 saturated carbocycles. The number of carbonyl (C=O) groups is 1. The van der Waals surface area contributed by atoms with Gasteiger partial charge in [0.05, 0.1) is 0 Å². The van der Waals surface area contributed by atoms with Crippen molar-refractivity contribution in [1.82, 2.24) is 4.90 Å². The van der Waals surface area contributed by atoms with Crippen molar-refractivity contribution in [3.05, 3.63) is 0 Å². The van der Waals surface area contributed by atoms with Crippen molar-refractivity contribution < 1.29 is 4.79 Å². The van der Waals surface area contributed by atoms with E-state index in [1.807, 2.05) is 13.8 Å². The maximum absolute atomic E-state index is 11.6. The molecule has 76 valence electrons. The van der Waals surface area contributed by atoms with Crippen molar-refractivity contribution in [1.29, 1.82) is 0 Å².